The summed E-state index contributed by atoms with van der Waals surface area (Å²) in [6.07, 6.45) is 1.39. The van der Waals surface area contributed by atoms with Crippen molar-refractivity contribution in [3.8, 4) is 0 Å². The minimum absolute atomic E-state index is 0.177. The van der Waals surface area contributed by atoms with Crippen molar-refractivity contribution in [2.24, 2.45) is 0 Å². The van der Waals surface area contributed by atoms with Crippen LogP contribution >= 0.6 is 0 Å². The van der Waals surface area contributed by atoms with E-state index < -0.39 is 30.3 Å². The fourth-order valence-corrected chi connectivity index (χ4v) is 1.92. The van der Waals surface area contributed by atoms with Gasteiger partial charge in [-0.2, -0.15) is 0 Å². The molecule has 1 aromatic carbocycles. The summed E-state index contributed by atoms with van der Waals surface area (Å²) in [7, 11) is 0. The van der Waals surface area contributed by atoms with Gasteiger partial charge in [-0.05, 0) is 42.8 Å². The molecule has 0 aliphatic carbocycles. The Morgan fingerprint density at radius 3 is 2.68 bits per heavy atom. The van der Waals surface area contributed by atoms with E-state index in [1.807, 2.05) is 0 Å². The van der Waals surface area contributed by atoms with E-state index in [1.165, 1.54) is 18.4 Å². The topological polar surface area (TPSA) is 91.6 Å². The summed E-state index contributed by atoms with van der Waals surface area (Å²) in [5.41, 5.74) is 0.788. The first-order valence-corrected chi connectivity index (χ1v) is 6.53. The van der Waals surface area contributed by atoms with Crippen molar-refractivity contribution >= 4 is 17.5 Å². The highest BCUT2D eigenvalue weighted by Gasteiger charge is 2.21. The Hall–Kier alpha value is -2.67. The third-order valence-electron chi connectivity index (χ3n) is 2.88. The van der Waals surface area contributed by atoms with Crippen molar-refractivity contribution in [3.05, 3.63) is 53.7 Å². The summed E-state index contributed by atoms with van der Waals surface area (Å²) in [5.74, 6) is -2.11. The fourth-order valence-electron chi connectivity index (χ4n) is 1.92. The molecule has 3 N–H and O–H groups in total. The molecular weight excluding hydrogens is 291 g/mol. The monoisotopic (exact) mass is 306 g/mol. The molecule has 0 radical (unpaired) electrons. The zero-order valence-electron chi connectivity index (χ0n) is 11.8. The largest absolute Gasteiger partial charge is 0.467 e. The van der Waals surface area contributed by atoms with Crippen molar-refractivity contribution in [1.29, 1.82) is 0 Å². The number of aliphatic hydroxyl groups excluding tert-OH is 1. The Balaban J connectivity index is 2.01. The van der Waals surface area contributed by atoms with E-state index in [-0.39, 0.29) is 5.69 Å². The molecule has 0 saturated heterocycles. The van der Waals surface area contributed by atoms with E-state index in [1.54, 1.807) is 19.1 Å². The third-order valence-corrected chi connectivity index (χ3v) is 2.88. The molecule has 7 heteroatoms. The fraction of sp³-hybridized carbons (Fsp3) is 0.200. The molecule has 0 fully saturated rings. The number of nitrogens with one attached hydrogen (secondary N) is 2. The van der Waals surface area contributed by atoms with Gasteiger partial charge in [0.05, 0.1) is 12.9 Å². The summed E-state index contributed by atoms with van der Waals surface area (Å²) < 4.78 is 18.3. The number of benzene rings is 1. The molecule has 0 aliphatic rings. The van der Waals surface area contributed by atoms with E-state index in [4.69, 9.17) is 4.42 Å². The molecule has 0 bridgehead atoms. The van der Waals surface area contributed by atoms with Gasteiger partial charge in [0.15, 0.2) is 0 Å². The molecule has 2 aromatic rings. The van der Waals surface area contributed by atoms with E-state index in [0.717, 1.165) is 6.07 Å². The number of aliphatic hydroxyl groups is 1. The number of hydrogen-bond acceptors (Lipinski definition) is 4. The lowest BCUT2D eigenvalue weighted by molar-refractivity contribution is -0.136. The average Bonchev–Trinajstić information content (AvgIpc) is 2.97. The lowest BCUT2D eigenvalue weighted by Gasteiger charge is -2.13. The second-order valence-corrected chi connectivity index (χ2v) is 4.70. The molecule has 1 heterocycles. The van der Waals surface area contributed by atoms with Crippen LogP contribution in [0.3, 0.4) is 0 Å². The van der Waals surface area contributed by atoms with Crippen LogP contribution in [0, 0.1) is 12.7 Å². The standard InChI is InChI=1S/C15H15FN2O4/c1-9-5-10(16)7-11(6-9)17-14(20)15(21)18-12(8-19)13-3-2-4-22-13/h2-7,12,19H,8H2,1H3,(H,17,20)(H,18,21). The number of halogens is 1. The Kier molecular flexibility index (Phi) is 4.90. The van der Waals surface area contributed by atoms with Gasteiger partial charge in [0, 0.05) is 5.69 Å². The molecule has 116 valence electrons. The Bertz CT molecular complexity index is 650. The molecule has 0 spiro atoms. The predicted molar refractivity (Wildman–Crippen MR) is 76.4 cm³/mol. The number of carbonyl (C=O) groups excluding carboxylic acids is 2. The van der Waals surface area contributed by atoms with Gasteiger partial charge in [0.1, 0.15) is 17.6 Å². The molecule has 22 heavy (non-hydrogen) atoms. The molecule has 1 unspecified atom stereocenters. The van der Waals surface area contributed by atoms with Crippen molar-refractivity contribution < 1.29 is 23.5 Å². The van der Waals surface area contributed by atoms with Crippen LogP contribution in [0.5, 0.6) is 0 Å². The van der Waals surface area contributed by atoms with Crippen molar-refractivity contribution in [2.45, 2.75) is 13.0 Å². The van der Waals surface area contributed by atoms with Crippen LogP contribution in [0.4, 0.5) is 10.1 Å². The molecule has 2 rings (SSSR count). The molecule has 1 atom stereocenters. The SMILES string of the molecule is Cc1cc(F)cc(NC(=O)C(=O)NC(CO)c2ccco2)c1. The lowest BCUT2D eigenvalue weighted by Crippen LogP contribution is -2.39. The number of aryl methyl sites for hydroxylation is 1. The number of furan rings is 1. The number of anilines is 1. The smallest absolute Gasteiger partial charge is 0.313 e. The molecule has 0 aliphatic heterocycles. The van der Waals surface area contributed by atoms with Gasteiger partial charge in [-0.15, -0.1) is 0 Å². The van der Waals surface area contributed by atoms with Crippen LogP contribution in [-0.4, -0.2) is 23.5 Å². The van der Waals surface area contributed by atoms with E-state index in [2.05, 4.69) is 10.6 Å². The average molecular weight is 306 g/mol. The second kappa shape index (κ2) is 6.86. The number of carbonyl (C=O) groups is 2. The first-order chi connectivity index (χ1) is 10.5. The summed E-state index contributed by atoms with van der Waals surface area (Å²) in [6.45, 7) is 1.24. The van der Waals surface area contributed by atoms with Gasteiger partial charge in [-0.1, -0.05) is 0 Å². The van der Waals surface area contributed by atoms with E-state index in [0.29, 0.717) is 11.3 Å². The molecule has 2 amide bonds. The maximum absolute atomic E-state index is 13.2. The zero-order chi connectivity index (χ0) is 16.1. The summed E-state index contributed by atoms with van der Waals surface area (Å²) in [4.78, 5) is 23.6. The van der Waals surface area contributed by atoms with Crippen molar-refractivity contribution in [1.82, 2.24) is 5.32 Å². The summed E-state index contributed by atoms with van der Waals surface area (Å²) >= 11 is 0. The van der Waals surface area contributed by atoms with Crippen LogP contribution < -0.4 is 10.6 Å². The van der Waals surface area contributed by atoms with Crippen molar-refractivity contribution in [3.63, 3.8) is 0 Å². The normalized spacial score (nSPS) is 11.8. The van der Waals surface area contributed by atoms with Gasteiger partial charge >= 0.3 is 11.8 Å². The second-order valence-electron chi connectivity index (χ2n) is 4.70. The van der Waals surface area contributed by atoms with E-state index in [9.17, 15) is 19.1 Å². The third kappa shape index (κ3) is 3.92. The number of amides is 2. The van der Waals surface area contributed by atoms with Crippen LogP contribution in [-0.2, 0) is 9.59 Å². The Morgan fingerprint density at radius 2 is 2.09 bits per heavy atom. The maximum atomic E-state index is 13.2. The highest BCUT2D eigenvalue weighted by Crippen LogP contribution is 2.14. The molecule has 0 saturated carbocycles. The van der Waals surface area contributed by atoms with Gasteiger partial charge in [0.2, 0.25) is 0 Å². The molecule has 1 aromatic heterocycles. The predicted octanol–water partition coefficient (Wildman–Crippen LogP) is 1.52. The van der Waals surface area contributed by atoms with Crippen LogP contribution in [0.25, 0.3) is 0 Å². The summed E-state index contributed by atoms with van der Waals surface area (Å²) in [5, 5.41) is 13.9. The first kappa shape index (κ1) is 15.7. The molecule has 6 nitrogen and oxygen atoms in total. The van der Waals surface area contributed by atoms with Gasteiger partial charge in [0.25, 0.3) is 0 Å². The lowest BCUT2D eigenvalue weighted by atomic mass is 10.2. The first-order valence-electron chi connectivity index (χ1n) is 6.53. The van der Waals surface area contributed by atoms with Gasteiger partial charge in [-0.3, -0.25) is 9.59 Å². The van der Waals surface area contributed by atoms with Gasteiger partial charge in [-0.25, -0.2) is 4.39 Å². The van der Waals surface area contributed by atoms with Crippen LogP contribution in [0.1, 0.15) is 17.4 Å². The van der Waals surface area contributed by atoms with Crippen molar-refractivity contribution in [2.75, 3.05) is 11.9 Å². The quantitative estimate of drug-likeness (QED) is 0.747. The maximum Gasteiger partial charge on any atom is 0.313 e. The molecular formula is C15H15FN2O4. The van der Waals surface area contributed by atoms with Crippen LogP contribution in [0.2, 0.25) is 0 Å². The number of hydrogen-bond donors (Lipinski definition) is 3. The highest BCUT2D eigenvalue weighted by molar-refractivity contribution is 6.39. The Morgan fingerprint density at radius 1 is 1.32 bits per heavy atom. The van der Waals surface area contributed by atoms with Gasteiger partial charge < -0.3 is 20.2 Å². The zero-order valence-corrected chi connectivity index (χ0v) is 11.8. The minimum atomic E-state index is -0.963. The summed E-state index contributed by atoms with van der Waals surface area (Å²) in [6, 6.07) is 6.27. The minimum Gasteiger partial charge on any atom is -0.467 e. The Labute approximate surface area is 125 Å². The highest BCUT2D eigenvalue weighted by atomic mass is 19.1. The van der Waals surface area contributed by atoms with E-state index >= 15 is 0 Å². The number of rotatable bonds is 4. The van der Waals surface area contributed by atoms with Crippen LogP contribution in [0.15, 0.2) is 41.0 Å².